The Labute approximate surface area is 123 Å². The lowest BCUT2D eigenvalue weighted by molar-refractivity contribution is -0.141. The van der Waals surface area contributed by atoms with E-state index in [4.69, 9.17) is 5.11 Å². The number of hydrogen-bond donors (Lipinski definition) is 3. The third-order valence-electron chi connectivity index (χ3n) is 3.65. The number of anilines is 1. The highest BCUT2D eigenvalue weighted by Gasteiger charge is 2.39. The number of amides is 2. The van der Waals surface area contributed by atoms with Crippen molar-refractivity contribution >= 4 is 17.7 Å². The van der Waals surface area contributed by atoms with Crippen LogP contribution in [0.2, 0.25) is 0 Å². The normalized spacial score (nSPS) is 21.6. The minimum atomic E-state index is -1.10. The van der Waals surface area contributed by atoms with E-state index in [1.54, 1.807) is 6.07 Å². The molecule has 0 radical (unpaired) electrons. The molecule has 114 valence electrons. The number of para-hydroxylation sites is 1. The lowest BCUT2D eigenvalue weighted by Crippen LogP contribution is -2.43. The van der Waals surface area contributed by atoms with Gasteiger partial charge in [0.15, 0.2) is 0 Å². The molecule has 21 heavy (non-hydrogen) atoms. The molecular weight excluding hydrogens is 272 g/mol. The smallest absolute Gasteiger partial charge is 0.326 e. The summed E-state index contributed by atoms with van der Waals surface area (Å²) in [5.74, 6) is -0.861. The number of aliphatic hydroxyl groups is 1. The fourth-order valence-corrected chi connectivity index (χ4v) is 2.57. The molecule has 0 saturated carbocycles. The Morgan fingerprint density at radius 3 is 2.62 bits per heavy atom. The number of carboxylic acid groups (broad SMARTS) is 1. The minimum absolute atomic E-state index is 0.0344. The lowest BCUT2D eigenvalue weighted by Gasteiger charge is -2.23. The second-order valence-corrected chi connectivity index (χ2v) is 5.57. The standard InChI is InChI=1S/C15H20N2O4/c1-9(2)11-5-3-4-6-12(11)16-15(21)17-8-10(18)7-13(17)14(19)20/h3-6,9-10,13,18H,7-8H2,1-2H3,(H,16,21)(H,19,20)/t10-,13+/m1/s1. The number of nitrogens with zero attached hydrogens (tertiary/aromatic N) is 1. The average Bonchev–Trinajstić information content (AvgIpc) is 2.81. The van der Waals surface area contributed by atoms with Crippen molar-refractivity contribution in [1.82, 2.24) is 4.90 Å². The molecule has 2 amide bonds. The van der Waals surface area contributed by atoms with Crippen LogP contribution in [-0.4, -0.2) is 45.8 Å². The van der Waals surface area contributed by atoms with Gasteiger partial charge >= 0.3 is 12.0 Å². The summed E-state index contributed by atoms with van der Waals surface area (Å²) in [6.07, 6.45) is -0.730. The molecule has 2 atom stereocenters. The van der Waals surface area contributed by atoms with Gasteiger partial charge in [-0.05, 0) is 17.5 Å². The number of carbonyl (C=O) groups is 2. The van der Waals surface area contributed by atoms with Crippen molar-refractivity contribution in [1.29, 1.82) is 0 Å². The second kappa shape index (κ2) is 6.13. The van der Waals surface area contributed by atoms with Crippen molar-refractivity contribution in [3.05, 3.63) is 29.8 Å². The molecule has 1 aromatic carbocycles. The average molecular weight is 292 g/mol. The van der Waals surface area contributed by atoms with Crippen LogP contribution in [-0.2, 0) is 4.79 Å². The molecule has 3 N–H and O–H groups in total. The molecule has 0 aliphatic carbocycles. The van der Waals surface area contributed by atoms with Gasteiger partial charge in [0.1, 0.15) is 6.04 Å². The number of hydrogen-bond acceptors (Lipinski definition) is 3. The van der Waals surface area contributed by atoms with E-state index in [1.165, 1.54) is 4.90 Å². The summed E-state index contributed by atoms with van der Waals surface area (Å²) >= 11 is 0. The van der Waals surface area contributed by atoms with Gasteiger partial charge in [0.25, 0.3) is 0 Å². The number of rotatable bonds is 3. The maximum atomic E-state index is 12.3. The highest BCUT2D eigenvalue weighted by Crippen LogP contribution is 2.25. The summed E-state index contributed by atoms with van der Waals surface area (Å²) in [6.45, 7) is 4.07. The zero-order chi connectivity index (χ0) is 15.6. The summed E-state index contributed by atoms with van der Waals surface area (Å²) in [5.41, 5.74) is 1.65. The van der Waals surface area contributed by atoms with Gasteiger partial charge in [-0.2, -0.15) is 0 Å². The predicted molar refractivity (Wildman–Crippen MR) is 78.3 cm³/mol. The van der Waals surface area contributed by atoms with E-state index in [0.717, 1.165) is 5.56 Å². The van der Waals surface area contributed by atoms with Gasteiger partial charge in [0, 0.05) is 18.7 Å². The molecular formula is C15H20N2O4. The number of β-amino-alcohol motifs (C(OH)–C–C–N with tert-alkyl or cyclic N) is 1. The first-order valence-electron chi connectivity index (χ1n) is 6.97. The number of aliphatic hydroxyl groups excluding tert-OH is 1. The molecule has 1 fully saturated rings. The van der Waals surface area contributed by atoms with Gasteiger partial charge in [-0.25, -0.2) is 9.59 Å². The van der Waals surface area contributed by atoms with Crippen LogP contribution in [0.25, 0.3) is 0 Å². The van der Waals surface area contributed by atoms with Crippen LogP contribution in [0.1, 0.15) is 31.7 Å². The van der Waals surface area contributed by atoms with Crippen LogP contribution >= 0.6 is 0 Å². The highest BCUT2D eigenvalue weighted by molar-refractivity contribution is 5.93. The topological polar surface area (TPSA) is 89.9 Å². The number of benzene rings is 1. The van der Waals surface area contributed by atoms with Gasteiger partial charge < -0.3 is 20.4 Å². The molecule has 0 spiro atoms. The first kappa shape index (κ1) is 15.3. The molecule has 6 heteroatoms. The number of nitrogens with one attached hydrogen (secondary N) is 1. The first-order valence-corrected chi connectivity index (χ1v) is 6.97. The monoisotopic (exact) mass is 292 g/mol. The predicted octanol–water partition coefficient (Wildman–Crippen LogP) is 1.86. The van der Waals surface area contributed by atoms with Crippen molar-refractivity contribution in [2.45, 2.75) is 38.3 Å². The van der Waals surface area contributed by atoms with Gasteiger partial charge in [0.05, 0.1) is 6.10 Å². The quantitative estimate of drug-likeness (QED) is 0.793. The summed E-state index contributed by atoms with van der Waals surface area (Å²) in [4.78, 5) is 24.6. The van der Waals surface area contributed by atoms with Crippen molar-refractivity contribution < 1.29 is 19.8 Å². The molecule has 0 bridgehead atoms. The summed E-state index contributed by atoms with van der Waals surface area (Å²) < 4.78 is 0. The zero-order valence-corrected chi connectivity index (χ0v) is 12.1. The molecule has 2 rings (SSSR count). The van der Waals surface area contributed by atoms with E-state index in [1.807, 2.05) is 32.0 Å². The van der Waals surface area contributed by atoms with Crippen molar-refractivity contribution in [2.75, 3.05) is 11.9 Å². The van der Waals surface area contributed by atoms with Crippen LogP contribution in [0.3, 0.4) is 0 Å². The Balaban J connectivity index is 2.16. The summed E-state index contributed by atoms with van der Waals surface area (Å²) in [5, 5.41) is 21.5. The van der Waals surface area contributed by atoms with Gasteiger partial charge in [-0.3, -0.25) is 0 Å². The SMILES string of the molecule is CC(C)c1ccccc1NC(=O)N1C[C@H](O)C[C@H]1C(=O)O. The minimum Gasteiger partial charge on any atom is -0.480 e. The van der Waals surface area contributed by atoms with E-state index in [9.17, 15) is 14.7 Å². The molecule has 1 aromatic rings. The van der Waals surface area contributed by atoms with E-state index < -0.39 is 24.1 Å². The Morgan fingerprint density at radius 2 is 2.00 bits per heavy atom. The fourth-order valence-electron chi connectivity index (χ4n) is 2.57. The van der Waals surface area contributed by atoms with Crippen LogP contribution in [0, 0.1) is 0 Å². The fraction of sp³-hybridized carbons (Fsp3) is 0.467. The van der Waals surface area contributed by atoms with Gasteiger partial charge in [-0.1, -0.05) is 32.0 Å². The molecule has 1 heterocycles. The van der Waals surface area contributed by atoms with Gasteiger partial charge in [0.2, 0.25) is 0 Å². The maximum Gasteiger partial charge on any atom is 0.326 e. The van der Waals surface area contributed by atoms with E-state index in [2.05, 4.69) is 5.32 Å². The Bertz CT molecular complexity index is 544. The second-order valence-electron chi connectivity index (χ2n) is 5.57. The highest BCUT2D eigenvalue weighted by atomic mass is 16.4. The molecule has 1 aliphatic rings. The largest absolute Gasteiger partial charge is 0.480 e. The third kappa shape index (κ3) is 3.33. The number of aliphatic carboxylic acids is 1. The van der Waals surface area contributed by atoms with Crippen molar-refractivity contribution in [2.24, 2.45) is 0 Å². The Hall–Kier alpha value is -2.08. The summed E-state index contributed by atoms with van der Waals surface area (Å²) in [6, 6.07) is 5.95. The number of likely N-dealkylation sites (tertiary alicyclic amines) is 1. The molecule has 0 unspecified atom stereocenters. The van der Waals surface area contributed by atoms with Crippen LogP contribution < -0.4 is 5.32 Å². The van der Waals surface area contributed by atoms with E-state index in [0.29, 0.717) is 5.69 Å². The van der Waals surface area contributed by atoms with Crippen LogP contribution in [0.5, 0.6) is 0 Å². The maximum absolute atomic E-state index is 12.3. The Morgan fingerprint density at radius 1 is 1.33 bits per heavy atom. The first-order chi connectivity index (χ1) is 9.90. The molecule has 1 aliphatic heterocycles. The Kier molecular flexibility index (Phi) is 4.47. The zero-order valence-electron chi connectivity index (χ0n) is 12.1. The molecule has 6 nitrogen and oxygen atoms in total. The summed E-state index contributed by atoms with van der Waals surface area (Å²) in [7, 11) is 0. The van der Waals surface area contributed by atoms with E-state index in [-0.39, 0.29) is 18.9 Å². The van der Waals surface area contributed by atoms with E-state index >= 15 is 0 Å². The van der Waals surface area contributed by atoms with Crippen molar-refractivity contribution in [3.8, 4) is 0 Å². The lowest BCUT2D eigenvalue weighted by atomic mass is 10.0. The third-order valence-corrected chi connectivity index (χ3v) is 3.65. The van der Waals surface area contributed by atoms with Crippen LogP contribution in [0.15, 0.2) is 24.3 Å². The van der Waals surface area contributed by atoms with Gasteiger partial charge in [-0.15, -0.1) is 0 Å². The van der Waals surface area contributed by atoms with Crippen LogP contribution in [0.4, 0.5) is 10.5 Å². The number of urea groups is 1. The molecule has 1 saturated heterocycles. The number of carboxylic acids is 1. The van der Waals surface area contributed by atoms with Crippen molar-refractivity contribution in [3.63, 3.8) is 0 Å². The molecule has 0 aromatic heterocycles. The number of carbonyl (C=O) groups excluding carboxylic acids is 1.